The summed E-state index contributed by atoms with van der Waals surface area (Å²) in [7, 11) is 0. The summed E-state index contributed by atoms with van der Waals surface area (Å²) in [5, 5.41) is 31.2. The third kappa shape index (κ3) is 3.28. The average molecular weight is 419 g/mol. The van der Waals surface area contributed by atoms with Gasteiger partial charge in [-0.3, -0.25) is 4.79 Å². The number of hydrogen-bond donors (Lipinski definition) is 3. The third-order valence-electron chi connectivity index (χ3n) is 10.5. The van der Waals surface area contributed by atoms with Crippen molar-refractivity contribution in [3.63, 3.8) is 0 Å². The first kappa shape index (κ1) is 22.3. The van der Waals surface area contributed by atoms with Crippen molar-refractivity contribution in [3.05, 3.63) is 11.6 Å². The van der Waals surface area contributed by atoms with Crippen LogP contribution in [0.1, 0.15) is 85.5 Å². The number of carbonyl (C=O) groups is 1. The van der Waals surface area contributed by atoms with Crippen LogP contribution in [0.2, 0.25) is 0 Å². The standard InChI is InChI=1S/C26H42O4/c1-5-17-21-14-16(27)10-12-26(21,4)20-11-13-25(3)18(15(2)6-9-22(28)29)7-8-19(25)23(20)24(17)30/h5,15-16,18-21,23-24,27,30H,6-14H2,1-4H3,(H,28,29)/b17-5-/t15-,16-,18-,19?,20?,21+,23+,24-,25-,26-/m1/s1. The summed E-state index contributed by atoms with van der Waals surface area (Å²) >= 11 is 0. The lowest BCUT2D eigenvalue weighted by Gasteiger charge is -2.63. The third-order valence-corrected chi connectivity index (χ3v) is 10.5. The number of aliphatic hydroxyl groups is 2. The van der Waals surface area contributed by atoms with Gasteiger partial charge >= 0.3 is 5.97 Å². The Kier molecular flexibility index (Phi) is 5.89. The van der Waals surface area contributed by atoms with E-state index in [1.807, 2.05) is 0 Å². The lowest BCUT2D eigenvalue weighted by Crippen LogP contribution is -2.59. The zero-order valence-corrected chi connectivity index (χ0v) is 19.3. The smallest absolute Gasteiger partial charge is 0.303 e. The molecule has 0 amide bonds. The second-order valence-electron chi connectivity index (χ2n) is 11.6. The summed E-state index contributed by atoms with van der Waals surface area (Å²) in [5.74, 6) is 1.94. The number of rotatable bonds is 4. The number of aliphatic hydroxyl groups excluding tert-OH is 2. The van der Waals surface area contributed by atoms with E-state index in [9.17, 15) is 15.0 Å². The molecule has 4 aliphatic rings. The van der Waals surface area contributed by atoms with Gasteiger partial charge in [0, 0.05) is 6.42 Å². The summed E-state index contributed by atoms with van der Waals surface area (Å²) in [6, 6.07) is 0. The Labute approximate surface area is 182 Å². The second kappa shape index (κ2) is 7.92. The predicted octanol–water partition coefficient (Wildman–Crippen LogP) is 5.03. The Morgan fingerprint density at radius 3 is 2.43 bits per heavy atom. The molecule has 4 rings (SSSR count). The number of allylic oxidation sites excluding steroid dienone is 1. The highest BCUT2D eigenvalue weighted by atomic mass is 16.4. The molecule has 0 aromatic rings. The molecule has 4 nitrogen and oxygen atoms in total. The van der Waals surface area contributed by atoms with E-state index in [1.54, 1.807) is 0 Å². The molecule has 0 aliphatic heterocycles. The van der Waals surface area contributed by atoms with Crippen LogP contribution in [0.5, 0.6) is 0 Å². The van der Waals surface area contributed by atoms with Gasteiger partial charge in [0.15, 0.2) is 0 Å². The molecule has 4 heteroatoms. The van der Waals surface area contributed by atoms with Gasteiger partial charge in [-0.05, 0) is 110 Å². The van der Waals surface area contributed by atoms with E-state index < -0.39 is 5.97 Å². The van der Waals surface area contributed by atoms with Crippen LogP contribution in [-0.4, -0.2) is 33.5 Å². The molecule has 3 N–H and O–H groups in total. The molecule has 4 saturated carbocycles. The van der Waals surface area contributed by atoms with Gasteiger partial charge in [-0.25, -0.2) is 0 Å². The van der Waals surface area contributed by atoms with Crippen LogP contribution in [0.4, 0.5) is 0 Å². The number of fused-ring (bicyclic) bond motifs is 5. The summed E-state index contributed by atoms with van der Waals surface area (Å²) in [6.45, 7) is 9.21. The average Bonchev–Trinajstić information content (AvgIpc) is 3.05. The maximum absolute atomic E-state index is 11.6. The first-order chi connectivity index (χ1) is 14.1. The zero-order valence-electron chi connectivity index (χ0n) is 19.3. The van der Waals surface area contributed by atoms with Gasteiger partial charge in [0.05, 0.1) is 12.2 Å². The molecule has 170 valence electrons. The van der Waals surface area contributed by atoms with Gasteiger partial charge in [-0.15, -0.1) is 0 Å². The number of carboxylic acids is 1. The molecule has 0 aromatic carbocycles. The van der Waals surface area contributed by atoms with E-state index in [0.29, 0.717) is 35.5 Å². The molecule has 0 bridgehead atoms. The molecule has 4 fully saturated rings. The van der Waals surface area contributed by atoms with Crippen molar-refractivity contribution in [2.45, 2.75) is 97.7 Å². The Morgan fingerprint density at radius 2 is 1.77 bits per heavy atom. The van der Waals surface area contributed by atoms with Gasteiger partial charge < -0.3 is 15.3 Å². The number of carboxylic acid groups (broad SMARTS) is 1. The highest BCUT2D eigenvalue weighted by Crippen LogP contribution is 2.69. The van der Waals surface area contributed by atoms with Crippen LogP contribution in [-0.2, 0) is 4.79 Å². The summed E-state index contributed by atoms with van der Waals surface area (Å²) < 4.78 is 0. The van der Waals surface area contributed by atoms with Crippen LogP contribution in [0.3, 0.4) is 0 Å². The van der Waals surface area contributed by atoms with Crippen LogP contribution < -0.4 is 0 Å². The van der Waals surface area contributed by atoms with E-state index in [2.05, 4.69) is 33.8 Å². The van der Waals surface area contributed by atoms with Crippen LogP contribution in [0.15, 0.2) is 11.6 Å². The van der Waals surface area contributed by atoms with Crippen LogP contribution in [0, 0.1) is 46.3 Å². The number of hydrogen-bond acceptors (Lipinski definition) is 3. The van der Waals surface area contributed by atoms with Gasteiger partial charge in [0.1, 0.15) is 0 Å². The Bertz CT molecular complexity index is 701. The Balaban J connectivity index is 1.63. The fourth-order valence-electron chi connectivity index (χ4n) is 9.00. The van der Waals surface area contributed by atoms with Crippen molar-refractivity contribution >= 4 is 5.97 Å². The molecule has 0 aromatic heterocycles. The summed E-state index contributed by atoms with van der Waals surface area (Å²) in [5.41, 5.74) is 1.57. The monoisotopic (exact) mass is 418 g/mol. The van der Waals surface area contributed by atoms with E-state index in [4.69, 9.17) is 5.11 Å². The zero-order chi connectivity index (χ0) is 21.8. The largest absolute Gasteiger partial charge is 0.481 e. The molecular formula is C26H42O4. The van der Waals surface area contributed by atoms with Gasteiger partial charge in [-0.1, -0.05) is 26.8 Å². The molecular weight excluding hydrogens is 376 g/mol. The normalized spacial score (nSPS) is 50.5. The maximum atomic E-state index is 11.6. The second-order valence-corrected chi connectivity index (χ2v) is 11.6. The first-order valence-corrected chi connectivity index (χ1v) is 12.4. The lowest BCUT2D eigenvalue weighted by atomic mass is 9.42. The van der Waals surface area contributed by atoms with E-state index in [1.165, 1.54) is 18.4 Å². The predicted molar refractivity (Wildman–Crippen MR) is 118 cm³/mol. The fraction of sp³-hybridized carbons (Fsp3) is 0.885. The summed E-state index contributed by atoms with van der Waals surface area (Å²) in [6.07, 6.45) is 9.99. The van der Waals surface area contributed by atoms with E-state index in [0.717, 1.165) is 38.5 Å². The Hall–Kier alpha value is -0.870. The summed E-state index contributed by atoms with van der Waals surface area (Å²) in [4.78, 5) is 11.1. The van der Waals surface area contributed by atoms with Crippen LogP contribution in [0.25, 0.3) is 0 Å². The molecule has 30 heavy (non-hydrogen) atoms. The lowest BCUT2D eigenvalue weighted by molar-refractivity contribution is -0.147. The van der Waals surface area contributed by atoms with Crippen molar-refractivity contribution in [1.29, 1.82) is 0 Å². The van der Waals surface area contributed by atoms with Crippen molar-refractivity contribution in [2.75, 3.05) is 0 Å². The molecule has 0 saturated heterocycles. The van der Waals surface area contributed by atoms with Crippen molar-refractivity contribution in [1.82, 2.24) is 0 Å². The van der Waals surface area contributed by atoms with Crippen LogP contribution >= 0.6 is 0 Å². The minimum absolute atomic E-state index is 0.180. The molecule has 0 spiro atoms. The van der Waals surface area contributed by atoms with E-state index in [-0.39, 0.29) is 29.5 Å². The molecule has 10 atom stereocenters. The minimum Gasteiger partial charge on any atom is -0.481 e. The van der Waals surface area contributed by atoms with Crippen molar-refractivity contribution in [3.8, 4) is 0 Å². The highest BCUT2D eigenvalue weighted by molar-refractivity contribution is 5.66. The molecule has 4 aliphatic carbocycles. The molecule has 2 unspecified atom stereocenters. The molecule has 0 radical (unpaired) electrons. The minimum atomic E-state index is -0.691. The van der Waals surface area contributed by atoms with Crippen molar-refractivity contribution < 1.29 is 20.1 Å². The highest BCUT2D eigenvalue weighted by Gasteiger charge is 2.63. The van der Waals surface area contributed by atoms with Gasteiger partial charge in [-0.2, -0.15) is 0 Å². The SMILES string of the molecule is C/C=C1\[C@@H](O)[C@H]2C3CC[C@H]([C@H](C)CCC(=O)O)[C@@]3(C)CCC2[C@@]2(C)CC[C@@H](O)C[C@@H]12. The van der Waals surface area contributed by atoms with Gasteiger partial charge in [0.2, 0.25) is 0 Å². The topological polar surface area (TPSA) is 77.8 Å². The van der Waals surface area contributed by atoms with Crippen molar-refractivity contribution in [2.24, 2.45) is 46.3 Å². The van der Waals surface area contributed by atoms with Gasteiger partial charge in [0.25, 0.3) is 0 Å². The number of aliphatic carboxylic acids is 1. The molecule has 0 heterocycles. The quantitative estimate of drug-likeness (QED) is 0.559. The fourth-order valence-corrected chi connectivity index (χ4v) is 9.00. The van der Waals surface area contributed by atoms with E-state index >= 15 is 0 Å². The Morgan fingerprint density at radius 1 is 1.10 bits per heavy atom. The maximum Gasteiger partial charge on any atom is 0.303 e. The first-order valence-electron chi connectivity index (χ1n) is 12.4.